The topological polar surface area (TPSA) is 24.7 Å². The maximum Gasteiger partial charge on any atom is 0.0296 e. The van der Waals surface area contributed by atoms with Gasteiger partial charge in [0.05, 0.1) is 0 Å². The Morgan fingerprint density at radius 3 is 2.75 bits per heavy atom. The number of aliphatic imine (C=N–C) groups is 2. The average molecular weight is 162 g/mol. The molecule has 0 aromatic heterocycles. The van der Waals surface area contributed by atoms with Crippen LogP contribution in [0.4, 0.5) is 0 Å². The molecule has 0 rings (SSSR count). The van der Waals surface area contributed by atoms with Crippen LogP contribution in [-0.2, 0) is 0 Å². The van der Waals surface area contributed by atoms with E-state index in [-0.39, 0.29) is 0 Å². The van der Waals surface area contributed by atoms with Gasteiger partial charge in [-0.25, -0.2) is 4.99 Å². The minimum Gasteiger partial charge on any atom is -0.269 e. The van der Waals surface area contributed by atoms with Gasteiger partial charge in [-0.2, -0.15) is 0 Å². The highest BCUT2D eigenvalue weighted by Gasteiger charge is 1.79. The van der Waals surface area contributed by atoms with E-state index >= 15 is 0 Å². The van der Waals surface area contributed by atoms with Gasteiger partial charge in [0.15, 0.2) is 0 Å². The van der Waals surface area contributed by atoms with E-state index < -0.39 is 0 Å². The minimum atomic E-state index is 0.487. The van der Waals surface area contributed by atoms with Crippen molar-refractivity contribution >= 4 is 12.1 Å². The Morgan fingerprint density at radius 2 is 2.17 bits per heavy atom. The van der Waals surface area contributed by atoms with Crippen molar-refractivity contribution in [3.63, 3.8) is 0 Å². The number of hydrogen-bond acceptors (Lipinski definition) is 2. The van der Waals surface area contributed by atoms with Gasteiger partial charge in [-0.05, 0) is 17.9 Å². The van der Waals surface area contributed by atoms with Gasteiger partial charge in [0.25, 0.3) is 0 Å². The van der Waals surface area contributed by atoms with Crippen LogP contribution in [0.25, 0.3) is 0 Å². The van der Waals surface area contributed by atoms with E-state index in [0.29, 0.717) is 5.92 Å². The molecule has 0 amide bonds. The van der Waals surface area contributed by atoms with Gasteiger partial charge in [0.1, 0.15) is 0 Å². The van der Waals surface area contributed by atoms with Crippen molar-refractivity contribution in [2.75, 3.05) is 0 Å². The van der Waals surface area contributed by atoms with Gasteiger partial charge >= 0.3 is 0 Å². The van der Waals surface area contributed by atoms with Crippen molar-refractivity contribution in [1.82, 2.24) is 0 Å². The summed E-state index contributed by atoms with van der Waals surface area (Å²) in [5, 5.41) is 0. The number of hydrogen-bond donors (Lipinski definition) is 0. The van der Waals surface area contributed by atoms with Crippen LogP contribution < -0.4 is 0 Å². The van der Waals surface area contributed by atoms with E-state index in [1.54, 1.807) is 18.4 Å². The van der Waals surface area contributed by atoms with Crippen molar-refractivity contribution in [2.45, 2.75) is 13.8 Å². The molecular formula is C10H14N2. The fraction of sp³-hybridized carbons (Fsp3) is 0.300. The summed E-state index contributed by atoms with van der Waals surface area (Å²) in [6, 6.07) is 0. The SMILES string of the molecule is C=CN=C=C/C=C\N=CC(C)C. The maximum atomic E-state index is 4.02. The van der Waals surface area contributed by atoms with Crippen LogP contribution >= 0.6 is 0 Å². The lowest BCUT2D eigenvalue weighted by atomic mass is 10.2. The summed E-state index contributed by atoms with van der Waals surface area (Å²) >= 11 is 0. The van der Waals surface area contributed by atoms with Gasteiger partial charge in [0.2, 0.25) is 0 Å². The van der Waals surface area contributed by atoms with Crippen LogP contribution in [0.2, 0.25) is 0 Å². The molecule has 0 atom stereocenters. The molecule has 0 bridgehead atoms. The van der Waals surface area contributed by atoms with Crippen LogP contribution in [-0.4, -0.2) is 12.1 Å². The van der Waals surface area contributed by atoms with Crippen LogP contribution in [0.3, 0.4) is 0 Å². The first kappa shape index (κ1) is 10.6. The van der Waals surface area contributed by atoms with Crippen molar-refractivity contribution in [1.29, 1.82) is 0 Å². The monoisotopic (exact) mass is 162 g/mol. The van der Waals surface area contributed by atoms with Crippen LogP contribution in [0.5, 0.6) is 0 Å². The second-order valence-corrected chi connectivity index (χ2v) is 2.49. The van der Waals surface area contributed by atoms with Gasteiger partial charge in [-0.15, -0.1) is 0 Å². The Kier molecular flexibility index (Phi) is 6.81. The van der Waals surface area contributed by atoms with E-state index in [0.717, 1.165) is 0 Å². The molecule has 0 saturated carbocycles. The molecule has 12 heavy (non-hydrogen) atoms. The molecule has 0 heterocycles. The minimum absolute atomic E-state index is 0.487. The zero-order valence-electron chi connectivity index (χ0n) is 7.57. The molecule has 2 heteroatoms. The third-order valence-electron chi connectivity index (χ3n) is 0.893. The molecule has 2 nitrogen and oxygen atoms in total. The summed E-state index contributed by atoms with van der Waals surface area (Å²) in [7, 11) is 0. The lowest BCUT2D eigenvalue weighted by Gasteiger charge is -1.87. The second kappa shape index (κ2) is 7.70. The first-order chi connectivity index (χ1) is 5.77. The molecule has 0 aliphatic heterocycles. The van der Waals surface area contributed by atoms with Gasteiger partial charge in [-0.1, -0.05) is 20.4 Å². The van der Waals surface area contributed by atoms with E-state index in [2.05, 4.69) is 36.3 Å². The molecule has 0 aromatic carbocycles. The van der Waals surface area contributed by atoms with Crippen molar-refractivity contribution in [2.24, 2.45) is 15.9 Å². The van der Waals surface area contributed by atoms with Crippen LogP contribution in [0, 0.1) is 5.92 Å². The average Bonchev–Trinajstić information content (AvgIpc) is 2.02. The lowest BCUT2D eigenvalue weighted by Crippen LogP contribution is -1.84. The standard InChI is InChI=1S/C10H14N2/c1-4-11-7-5-6-8-12-9-10(2)3/h4-6,8-10H,1H2,2-3H3/b8-6-,12-9?. The van der Waals surface area contributed by atoms with Crippen molar-refractivity contribution in [3.8, 4) is 0 Å². The summed E-state index contributed by atoms with van der Waals surface area (Å²) in [5.74, 6) is 3.13. The van der Waals surface area contributed by atoms with E-state index in [1.165, 1.54) is 6.20 Å². The summed E-state index contributed by atoms with van der Waals surface area (Å²) in [5.41, 5.74) is 0. The van der Waals surface area contributed by atoms with E-state index in [9.17, 15) is 0 Å². The maximum absolute atomic E-state index is 4.02. The third kappa shape index (κ3) is 8.60. The molecular weight excluding hydrogens is 148 g/mol. The van der Waals surface area contributed by atoms with Crippen molar-refractivity contribution in [3.05, 3.63) is 31.1 Å². The summed E-state index contributed by atoms with van der Waals surface area (Å²) in [6.45, 7) is 7.57. The molecule has 64 valence electrons. The lowest BCUT2D eigenvalue weighted by molar-refractivity contribution is 0.907. The predicted octanol–water partition coefficient (Wildman–Crippen LogP) is 2.60. The molecule has 0 aromatic rings. The van der Waals surface area contributed by atoms with Gasteiger partial charge in [0, 0.05) is 24.7 Å². The number of allylic oxidation sites excluding steroid dienone is 2. The second-order valence-electron chi connectivity index (χ2n) is 2.49. The number of rotatable bonds is 4. The quantitative estimate of drug-likeness (QED) is 0.448. The Bertz CT molecular complexity index is 228. The number of nitrogens with zero attached hydrogens (tertiary/aromatic N) is 2. The fourth-order valence-corrected chi connectivity index (χ4v) is 0.453. The predicted molar refractivity (Wildman–Crippen MR) is 54.7 cm³/mol. The zero-order chi connectivity index (χ0) is 9.23. The Hall–Kier alpha value is -1.40. The molecule has 0 radical (unpaired) electrons. The third-order valence-corrected chi connectivity index (χ3v) is 0.893. The smallest absolute Gasteiger partial charge is 0.0296 e. The van der Waals surface area contributed by atoms with Gasteiger partial charge in [-0.3, -0.25) is 4.99 Å². The Morgan fingerprint density at radius 1 is 1.42 bits per heavy atom. The molecule has 0 saturated heterocycles. The van der Waals surface area contributed by atoms with Crippen molar-refractivity contribution < 1.29 is 0 Å². The highest BCUT2D eigenvalue weighted by atomic mass is 14.7. The Balaban J connectivity index is 3.77. The Labute approximate surface area is 73.7 Å². The van der Waals surface area contributed by atoms with Crippen LogP contribution in [0.15, 0.2) is 41.1 Å². The zero-order valence-corrected chi connectivity index (χ0v) is 7.57. The summed E-state index contributed by atoms with van der Waals surface area (Å²) in [4.78, 5) is 7.68. The summed E-state index contributed by atoms with van der Waals surface area (Å²) in [6.07, 6.45) is 8.45. The molecule has 0 fully saturated rings. The largest absolute Gasteiger partial charge is 0.269 e. The molecule has 0 unspecified atom stereocenters. The first-order valence-electron chi connectivity index (χ1n) is 3.85. The van der Waals surface area contributed by atoms with Crippen LogP contribution in [0.1, 0.15) is 13.8 Å². The summed E-state index contributed by atoms with van der Waals surface area (Å²) < 4.78 is 0. The highest BCUT2D eigenvalue weighted by molar-refractivity contribution is 5.60. The molecule has 0 aliphatic carbocycles. The molecule has 0 aliphatic rings. The highest BCUT2D eigenvalue weighted by Crippen LogP contribution is 1.85. The van der Waals surface area contributed by atoms with E-state index in [4.69, 9.17) is 0 Å². The first-order valence-corrected chi connectivity index (χ1v) is 3.85. The molecule has 0 spiro atoms. The molecule has 0 N–H and O–H groups in total. The van der Waals surface area contributed by atoms with E-state index in [1.807, 2.05) is 6.21 Å². The normalized spacial score (nSPS) is 10.6. The fourth-order valence-electron chi connectivity index (χ4n) is 0.453. The van der Waals surface area contributed by atoms with Gasteiger partial charge < -0.3 is 0 Å².